The van der Waals surface area contributed by atoms with Crippen LogP contribution in [0.15, 0.2) is 42.5 Å². The maximum Gasteiger partial charge on any atom is 0.330 e. The van der Waals surface area contributed by atoms with Gasteiger partial charge in [0.2, 0.25) is 0 Å². The van der Waals surface area contributed by atoms with E-state index >= 15 is 0 Å². The molecular weight excluding hydrogens is 236 g/mol. The van der Waals surface area contributed by atoms with Crippen molar-refractivity contribution in [3.05, 3.63) is 53.6 Å². The summed E-state index contributed by atoms with van der Waals surface area (Å²) in [5, 5.41) is 0. The molecule has 19 heavy (non-hydrogen) atoms. The van der Waals surface area contributed by atoms with Crippen LogP contribution in [-0.4, -0.2) is 12.6 Å². The maximum atomic E-state index is 11.3. The fraction of sp³-hybridized carbons (Fsp3) is 0.353. The van der Waals surface area contributed by atoms with Crippen molar-refractivity contribution in [3.8, 4) is 0 Å². The van der Waals surface area contributed by atoms with E-state index in [-0.39, 0.29) is 11.9 Å². The van der Waals surface area contributed by atoms with E-state index in [0.717, 1.165) is 12.8 Å². The molecule has 1 atom stereocenters. The molecule has 0 bridgehead atoms. The van der Waals surface area contributed by atoms with Crippen LogP contribution >= 0.6 is 0 Å². The van der Waals surface area contributed by atoms with Gasteiger partial charge in [0.05, 0.1) is 0 Å². The predicted molar refractivity (Wildman–Crippen MR) is 75.7 cm³/mol. The Bertz CT molecular complexity index is 554. The Hall–Kier alpha value is -1.83. The zero-order valence-electron chi connectivity index (χ0n) is 11.0. The smallest absolute Gasteiger partial charge is 0.330 e. The van der Waals surface area contributed by atoms with Crippen molar-refractivity contribution in [2.45, 2.75) is 31.6 Å². The van der Waals surface area contributed by atoms with Crippen molar-refractivity contribution in [1.29, 1.82) is 0 Å². The second-order valence-corrected chi connectivity index (χ2v) is 5.18. The summed E-state index contributed by atoms with van der Waals surface area (Å²) in [5.74, 6) is -0.0715. The predicted octanol–water partition coefficient (Wildman–Crippen LogP) is 3.84. The van der Waals surface area contributed by atoms with Crippen molar-refractivity contribution >= 4 is 11.5 Å². The lowest BCUT2D eigenvalue weighted by Crippen LogP contribution is -2.12. The molecule has 0 aliphatic heterocycles. The van der Waals surface area contributed by atoms with Gasteiger partial charge in [-0.05, 0) is 42.4 Å². The van der Waals surface area contributed by atoms with Crippen molar-refractivity contribution in [2.24, 2.45) is 0 Å². The van der Waals surface area contributed by atoms with Crippen LogP contribution < -0.4 is 0 Å². The summed E-state index contributed by atoms with van der Waals surface area (Å²) in [4.78, 5) is 11.3. The normalized spacial score (nSPS) is 20.7. The minimum absolute atomic E-state index is 0.260. The van der Waals surface area contributed by atoms with Gasteiger partial charge in [-0.3, -0.25) is 0 Å². The van der Waals surface area contributed by atoms with Crippen molar-refractivity contribution in [2.75, 3.05) is 6.61 Å². The molecule has 0 spiro atoms. The quantitative estimate of drug-likeness (QED) is 0.605. The molecule has 2 heteroatoms. The van der Waals surface area contributed by atoms with Crippen LogP contribution in [0.25, 0.3) is 5.57 Å². The third-order valence-corrected chi connectivity index (χ3v) is 4.15. The summed E-state index contributed by atoms with van der Waals surface area (Å²) in [6, 6.07) is 8.53. The van der Waals surface area contributed by atoms with E-state index in [1.807, 2.05) is 0 Å². The van der Waals surface area contributed by atoms with Crippen molar-refractivity contribution in [3.63, 3.8) is 0 Å². The van der Waals surface area contributed by atoms with E-state index in [2.05, 4.69) is 30.8 Å². The summed E-state index contributed by atoms with van der Waals surface area (Å²) >= 11 is 0. The fourth-order valence-corrected chi connectivity index (χ4v) is 3.30. The number of fused-ring (bicyclic) bond motifs is 2. The number of esters is 1. The van der Waals surface area contributed by atoms with Gasteiger partial charge in [0.25, 0.3) is 0 Å². The average Bonchev–Trinajstić information content (AvgIpc) is 2.79. The number of allylic oxidation sites excluding steroid dienone is 1. The number of benzene rings is 1. The van der Waals surface area contributed by atoms with Gasteiger partial charge < -0.3 is 4.74 Å². The topological polar surface area (TPSA) is 26.3 Å². The van der Waals surface area contributed by atoms with Gasteiger partial charge in [-0.2, -0.15) is 0 Å². The van der Waals surface area contributed by atoms with E-state index < -0.39 is 0 Å². The molecule has 0 fully saturated rings. The highest BCUT2D eigenvalue weighted by Crippen LogP contribution is 2.48. The summed E-state index contributed by atoms with van der Waals surface area (Å²) in [6.07, 6.45) is 6.06. The lowest BCUT2D eigenvalue weighted by Gasteiger charge is -2.19. The molecule has 2 aliphatic carbocycles. The first-order valence-corrected chi connectivity index (χ1v) is 6.91. The molecule has 3 rings (SSSR count). The van der Waals surface area contributed by atoms with Crippen molar-refractivity contribution in [1.82, 2.24) is 0 Å². The molecule has 1 unspecified atom stereocenters. The first-order chi connectivity index (χ1) is 9.31. The molecule has 1 aromatic carbocycles. The van der Waals surface area contributed by atoms with E-state index in [9.17, 15) is 4.79 Å². The fourth-order valence-electron chi connectivity index (χ4n) is 3.30. The standard InChI is InChI=1S/C17H18O2/c1-2-17(18)19-11-16-14-9-5-3-7-12(14)13-8-4-6-10-15(13)16/h2-3,5,7,9,16H,1,4,6,8,10-11H2. The number of rotatable bonds is 3. The zero-order valence-corrected chi connectivity index (χ0v) is 11.0. The largest absolute Gasteiger partial charge is 0.462 e. The van der Waals surface area contributed by atoms with Crippen LogP contribution in [0.5, 0.6) is 0 Å². The first-order valence-electron chi connectivity index (χ1n) is 6.91. The minimum Gasteiger partial charge on any atom is -0.462 e. The Kier molecular flexibility index (Phi) is 3.24. The van der Waals surface area contributed by atoms with Gasteiger partial charge in [0.1, 0.15) is 6.61 Å². The number of hydrogen-bond donors (Lipinski definition) is 0. The van der Waals surface area contributed by atoms with Crippen LogP contribution in [0.1, 0.15) is 42.7 Å². The van der Waals surface area contributed by atoms with E-state index in [1.54, 1.807) is 0 Å². The number of carbonyl (C=O) groups excluding carboxylic acids is 1. The Balaban J connectivity index is 1.91. The van der Waals surface area contributed by atoms with E-state index in [0.29, 0.717) is 6.61 Å². The van der Waals surface area contributed by atoms with Crippen LogP contribution in [0.3, 0.4) is 0 Å². The van der Waals surface area contributed by atoms with Crippen LogP contribution in [0.2, 0.25) is 0 Å². The molecule has 0 amide bonds. The highest BCUT2D eigenvalue weighted by Gasteiger charge is 2.32. The molecule has 2 nitrogen and oxygen atoms in total. The second-order valence-electron chi connectivity index (χ2n) is 5.18. The minimum atomic E-state index is -0.331. The average molecular weight is 254 g/mol. The van der Waals surface area contributed by atoms with Crippen LogP contribution in [0, 0.1) is 0 Å². The third-order valence-electron chi connectivity index (χ3n) is 4.15. The summed E-state index contributed by atoms with van der Waals surface area (Å²) in [5.41, 5.74) is 5.69. The molecule has 98 valence electrons. The van der Waals surface area contributed by atoms with Crippen molar-refractivity contribution < 1.29 is 9.53 Å². The van der Waals surface area contributed by atoms with Gasteiger partial charge in [0.15, 0.2) is 0 Å². The first kappa shape index (κ1) is 12.2. The summed E-state index contributed by atoms with van der Waals surface area (Å²) in [7, 11) is 0. The lowest BCUT2D eigenvalue weighted by molar-refractivity contribution is -0.138. The number of ether oxygens (including phenoxy) is 1. The Morgan fingerprint density at radius 3 is 2.95 bits per heavy atom. The van der Waals surface area contributed by atoms with Gasteiger partial charge in [0, 0.05) is 12.0 Å². The zero-order chi connectivity index (χ0) is 13.2. The molecule has 0 aromatic heterocycles. The molecule has 1 aromatic rings. The Labute approximate surface area is 113 Å². The maximum absolute atomic E-state index is 11.3. The molecular formula is C17H18O2. The highest BCUT2D eigenvalue weighted by molar-refractivity contribution is 5.82. The third kappa shape index (κ3) is 2.12. The molecule has 0 saturated carbocycles. The summed E-state index contributed by atoms with van der Waals surface area (Å²) in [6.45, 7) is 3.89. The molecule has 0 radical (unpaired) electrons. The van der Waals surface area contributed by atoms with Crippen LogP contribution in [0.4, 0.5) is 0 Å². The molecule has 0 N–H and O–H groups in total. The van der Waals surface area contributed by atoms with E-state index in [4.69, 9.17) is 4.74 Å². The SMILES string of the molecule is C=CC(=O)OCC1C2=C(CCCC2)c2ccccc21. The Morgan fingerprint density at radius 2 is 2.11 bits per heavy atom. The van der Waals surface area contributed by atoms with E-state index in [1.165, 1.54) is 41.2 Å². The lowest BCUT2D eigenvalue weighted by atomic mass is 9.88. The van der Waals surface area contributed by atoms with Gasteiger partial charge in [-0.1, -0.05) is 36.4 Å². The second kappa shape index (κ2) is 5.04. The van der Waals surface area contributed by atoms with Gasteiger partial charge >= 0.3 is 5.97 Å². The highest BCUT2D eigenvalue weighted by atomic mass is 16.5. The molecule has 2 aliphatic rings. The number of hydrogen-bond acceptors (Lipinski definition) is 2. The molecule has 0 saturated heterocycles. The Morgan fingerprint density at radius 1 is 1.32 bits per heavy atom. The number of carbonyl (C=O) groups is 1. The van der Waals surface area contributed by atoms with Gasteiger partial charge in [-0.25, -0.2) is 4.79 Å². The summed E-state index contributed by atoms with van der Waals surface area (Å²) < 4.78 is 5.29. The monoisotopic (exact) mass is 254 g/mol. The van der Waals surface area contributed by atoms with Crippen LogP contribution in [-0.2, 0) is 9.53 Å². The van der Waals surface area contributed by atoms with Gasteiger partial charge in [-0.15, -0.1) is 0 Å². The molecule has 0 heterocycles.